The van der Waals surface area contributed by atoms with E-state index in [-0.39, 0.29) is 7.34 Å². The molecule has 2 heterocycles. The highest BCUT2D eigenvalue weighted by Crippen LogP contribution is 2.44. The summed E-state index contributed by atoms with van der Waals surface area (Å²) in [7, 11) is 0. The Hall–Kier alpha value is -1.07. The molecule has 3 rings (SSSR count). The number of hydrogen-bond acceptors (Lipinski definition) is 4. The van der Waals surface area contributed by atoms with Crippen molar-refractivity contribution >= 4 is 73.2 Å². The maximum Gasteiger partial charge on any atom is 0.230 e. The highest BCUT2D eigenvalue weighted by Gasteiger charge is 2.25. The standard InChI is InChI=1S/C24H27I2N3OS/c1-3-4-5-6-7-14-24(25,26)20-10-12-21(13-11-20)29(18(2)30)23-28-22(17-31-23)19-9-8-15-27-16-19/h8-13,15-17H,3-7,14H2,1-2H3. The third-order valence-corrected chi connectivity index (χ3v) is 8.25. The number of carbonyl (C=O) groups excluding carboxylic acids is 1. The van der Waals surface area contributed by atoms with E-state index in [1.165, 1.54) is 49.0 Å². The minimum absolute atomic E-state index is 0.0500. The predicted octanol–water partition coefficient (Wildman–Crippen LogP) is 8.27. The van der Waals surface area contributed by atoms with Gasteiger partial charge in [0.05, 0.1) is 12.8 Å². The minimum atomic E-state index is -0.0500. The molecule has 0 saturated heterocycles. The molecule has 31 heavy (non-hydrogen) atoms. The van der Waals surface area contributed by atoms with E-state index in [1.807, 2.05) is 29.6 Å². The van der Waals surface area contributed by atoms with Gasteiger partial charge < -0.3 is 0 Å². The molecule has 2 aromatic heterocycles. The number of amides is 1. The second-order valence-electron chi connectivity index (χ2n) is 7.53. The first-order chi connectivity index (χ1) is 14.9. The maximum atomic E-state index is 12.5. The zero-order valence-corrected chi connectivity index (χ0v) is 23.0. The second-order valence-corrected chi connectivity index (χ2v) is 14.1. The van der Waals surface area contributed by atoms with Gasteiger partial charge in [-0.15, -0.1) is 11.3 Å². The number of hydrogen-bond donors (Lipinski definition) is 0. The first-order valence-corrected chi connectivity index (χ1v) is 13.6. The van der Waals surface area contributed by atoms with E-state index >= 15 is 0 Å². The Balaban J connectivity index is 1.74. The normalized spacial score (nSPS) is 11.5. The SMILES string of the molecule is CCCCCCCC(I)(I)c1ccc(N(C(C)=O)c2nc(-c3cccnc3)cs2)cc1. The summed E-state index contributed by atoms with van der Waals surface area (Å²) in [6, 6.07) is 12.2. The summed E-state index contributed by atoms with van der Waals surface area (Å²) in [5, 5.41) is 2.64. The number of alkyl halides is 2. The summed E-state index contributed by atoms with van der Waals surface area (Å²) >= 11 is 6.58. The molecular formula is C24H27I2N3OS. The molecule has 0 atom stereocenters. The summed E-state index contributed by atoms with van der Waals surface area (Å²) in [4.78, 5) is 23.0. The molecule has 0 aliphatic rings. The number of unbranched alkanes of at least 4 members (excludes halogenated alkanes) is 4. The Labute approximate surface area is 216 Å². The van der Waals surface area contributed by atoms with Gasteiger partial charge in [0, 0.05) is 30.3 Å². The summed E-state index contributed by atoms with van der Waals surface area (Å²) in [5.74, 6) is -0.0500. The van der Waals surface area contributed by atoms with Crippen LogP contribution >= 0.6 is 56.5 Å². The minimum Gasteiger partial charge on any atom is -0.274 e. The van der Waals surface area contributed by atoms with E-state index < -0.39 is 0 Å². The molecule has 0 aliphatic carbocycles. The molecule has 0 unspecified atom stereocenters. The Bertz CT molecular complexity index is 974. The molecule has 0 fully saturated rings. The second kappa shape index (κ2) is 11.7. The first-order valence-electron chi connectivity index (χ1n) is 10.6. The number of halogens is 2. The van der Waals surface area contributed by atoms with E-state index in [9.17, 15) is 4.79 Å². The fourth-order valence-corrected chi connectivity index (χ4v) is 5.77. The van der Waals surface area contributed by atoms with Crippen LogP contribution in [-0.4, -0.2) is 15.9 Å². The lowest BCUT2D eigenvalue weighted by Gasteiger charge is -2.23. The van der Waals surface area contributed by atoms with Crippen LogP contribution in [0.5, 0.6) is 0 Å². The molecule has 0 spiro atoms. The number of carbonyl (C=O) groups is 1. The van der Waals surface area contributed by atoms with Gasteiger partial charge in [0.15, 0.2) is 5.13 Å². The van der Waals surface area contributed by atoms with Crippen molar-refractivity contribution in [3.05, 3.63) is 59.7 Å². The van der Waals surface area contributed by atoms with Gasteiger partial charge in [-0.2, -0.15) is 0 Å². The number of nitrogens with zero attached hydrogens (tertiary/aromatic N) is 3. The molecule has 0 saturated carbocycles. The van der Waals surface area contributed by atoms with Crippen molar-refractivity contribution in [1.82, 2.24) is 9.97 Å². The van der Waals surface area contributed by atoms with Crippen LogP contribution in [0.25, 0.3) is 11.3 Å². The summed E-state index contributed by atoms with van der Waals surface area (Å²) in [5.41, 5.74) is 3.90. The third-order valence-electron chi connectivity index (χ3n) is 5.10. The summed E-state index contributed by atoms with van der Waals surface area (Å²) < 4.78 is 0.0655. The molecule has 0 bridgehead atoms. The van der Waals surface area contributed by atoms with Gasteiger partial charge >= 0.3 is 0 Å². The number of thiazole rings is 1. The van der Waals surface area contributed by atoms with Crippen LogP contribution in [0.1, 0.15) is 57.9 Å². The summed E-state index contributed by atoms with van der Waals surface area (Å²) in [6.45, 7) is 3.83. The van der Waals surface area contributed by atoms with Crippen molar-refractivity contribution in [2.45, 2.75) is 53.8 Å². The Morgan fingerprint density at radius 1 is 1.10 bits per heavy atom. The predicted molar refractivity (Wildman–Crippen MR) is 148 cm³/mol. The molecule has 0 radical (unpaired) electrons. The van der Waals surface area contributed by atoms with E-state index in [2.05, 4.69) is 69.2 Å². The molecule has 7 heteroatoms. The molecule has 1 aromatic carbocycles. The zero-order valence-electron chi connectivity index (χ0n) is 17.9. The third kappa shape index (κ3) is 6.71. The van der Waals surface area contributed by atoms with Crippen molar-refractivity contribution < 1.29 is 4.79 Å². The molecule has 1 amide bonds. The number of benzene rings is 1. The van der Waals surface area contributed by atoms with Crippen molar-refractivity contribution in [3.63, 3.8) is 0 Å². The molecule has 3 aromatic rings. The van der Waals surface area contributed by atoms with Crippen LogP contribution in [-0.2, 0) is 6.22 Å². The Morgan fingerprint density at radius 3 is 2.48 bits per heavy atom. The van der Waals surface area contributed by atoms with Crippen LogP contribution in [0.3, 0.4) is 0 Å². The fraction of sp³-hybridized carbons (Fsp3) is 0.375. The van der Waals surface area contributed by atoms with Crippen molar-refractivity contribution in [2.75, 3.05) is 4.90 Å². The molecule has 0 aliphatic heterocycles. The van der Waals surface area contributed by atoms with Gasteiger partial charge in [0.25, 0.3) is 0 Å². The smallest absolute Gasteiger partial charge is 0.230 e. The zero-order chi connectivity index (χ0) is 22.3. The van der Waals surface area contributed by atoms with E-state index in [0.717, 1.165) is 23.4 Å². The van der Waals surface area contributed by atoms with Crippen LogP contribution in [0.2, 0.25) is 0 Å². The molecule has 164 valence electrons. The number of anilines is 2. The molecular weight excluding hydrogens is 632 g/mol. The maximum absolute atomic E-state index is 12.5. The molecule has 0 N–H and O–H groups in total. The lowest BCUT2D eigenvalue weighted by Crippen LogP contribution is -2.22. The van der Waals surface area contributed by atoms with Crippen LogP contribution < -0.4 is 4.90 Å². The Kier molecular flexibility index (Phi) is 9.27. The van der Waals surface area contributed by atoms with Crippen molar-refractivity contribution in [1.29, 1.82) is 0 Å². The van der Waals surface area contributed by atoms with Gasteiger partial charge in [-0.3, -0.25) is 14.7 Å². The number of aromatic nitrogens is 2. The van der Waals surface area contributed by atoms with Crippen LogP contribution in [0.15, 0.2) is 54.2 Å². The van der Waals surface area contributed by atoms with Crippen LogP contribution in [0.4, 0.5) is 10.8 Å². The average molecular weight is 659 g/mol. The summed E-state index contributed by atoms with van der Waals surface area (Å²) in [6.07, 6.45) is 11.1. The van der Waals surface area contributed by atoms with Gasteiger partial charge in [0.1, 0.15) is 0 Å². The number of pyridine rings is 1. The van der Waals surface area contributed by atoms with E-state index in [0.29, 0.717) is 5.13 Å². The highest BCUT2D eigenvalue weighted by molar-refractivity contribution is 14.2. The lowest BCUT2D eigenvalue weighted by atomic mass is 10.0. The van der Waals surface area contributed by atoms with Gasteiger partial charge in [-0.25, -0.2) is 4.98 Å². The average Bonchev–Trinajstić information content (AvgIpc) is 3.24. The van der Waals surface area contributed by atoms with Crippen molar-refractivity contribution in [2.24, 2.45) is 0 Å². The van der Waals surface area contributed by atoms with E-state index in [4.69, 9.17) is 4.98 Å². The highest BCUT2D eigenvalue weighted by atomic mass is 127. The quantitative estimate of drug-likeness (QED) is 0.125. The monoisotopic (exact) mass is 659 g/mol. The van der Waals surface area contributed by atoms with Gasteiger partial charge in [-0.05, 0) is 36.2 Å². The van der Waals surface area contributed by atoms with E-state index in [1.54, 1.807) is 24.2 Å². The van der Waals surface area contributed by atoms with Crippen LogP contribution in [0, 0.1) is 0 Å². The lowest BCUT2D eigenvalue weighted by molar-refractivity contribution is -0.115. The van der Waals surface area contributed by atoms with Crippen molar-refractivity contribution in [3.8, 4) is 11.3 Å². The largest absolute Gasteiger partial charge is 0.274 e. The first kappa shape index (κ1) is 24.6. The van der Waals surface area contributed by atoms with Gasteiger partial charge in [-0.1, -0.05) is 96.3 Å². The number of rotatable bonds is 10. The Morgan fingerprint density at radius 2 is 1.84 bits per heavy atom. The fourth-order valence-electron chi connectivity index (χ4n) is 3.39. The molecule has 4 nitrogen and oxygen atoms in total. The topological polar surface area (TPSA) is 46.1 Å². The van der Waals surface area contributed by atoms with Gasteiger partial charge in [0.2, 0.25) is 5.91 Å².